The van der Waals surface area contributed by atoms with E-state index in [1.165, 1.54) is 26.4 Å². The number of amides is 2. The van der Waals surface area contributed by atoms with Crippen LogP contribution in [0.5, 0.6) is 17.2 Å². The normalized spacial score (nSPS) is 23.8. The van der Waals surface area contributed by atoms with Crippen molar-refractivity contribution in [3.63, 3.8) is 0 Å². The van der Waals surface area contributed by atoms with E-state index in [9.17, 15) is 14.7 Å². The van der Waals surface area contributed by atoms with Crippen LogP contribution >= 0.6 is 0 Å². The Hall–Kier alpha value is -7.67. The van der Waals surface area contributed by atoms with Crippen molar-refractivity contribution in [1.29, 1.82) is 0 Å². The molecule has 5 aliphatic rings. The second-order valence-corrected chi connectivity index (χ2v) is 17.5. The predicted molar refractivity (Wildman–Crippen MR) is 245 cm³/mol. The van der Waals surface area contributed by atoms with Gasteiger partial charge in [0.15, 0.2) is 17.4 Å². The summed E-state index contributed by atoms with van der Waals surface area (Å²) in [7, 11) is 2.35. The maximum absolute atomic E-state index is 16.0. The van der Waals surface area contributed by atoms with Crippen molar-refractivity contribution in [2.75, 3.05) is 52.5 Å². The van der Waals surface area contributed by atoms with Crippen molar-refractivity contribution in [3.05, 3.63) is 155 Å². The molecule has 3 saturated heterocycles. The van der Waals surface area contributed by atoms with Gasteiger partial charge in [0, 0.05) is 50.4 Å². The molecule has 346 valence electrons. The predicted octanol–water partition coefficient (Wildman–Crippen LogP) is 5.44. The smallest absolute Gasteiger partial charge is 0.324 e. The number of aromatic hydroxyl groups is 1. The highest BCUT2D eigenvalue weighted by Crippen LogP contribution is 2.65. The fourth-order valence-corrected chi connectivity index (χ4v) is 10.7. The van der Waals surface area contributed by atoms with Crippen molar-refractivity contribution < 1.29 is 52.8 Å². The van der Waals surface area contributed by atoms with Gasteiger partial charge in [-0.15, -0.1) is 0 Å². The zero-order valence-corrected chi connectivity index (χ0v) is 37.3. The van der Waals surface area contributed by atoms with E-state index in [1.54, 1.807) is 35.2 Å². The monoisotopic (exact) mass is 916 g/mol. The first-order valence-electron chi connectivity index (χ1n) is 22.5. The Labute approximate surface area is 392 Å². The van der Waals surface area contributed by atoms with E-state index in [2.05, 4.69) is 22.1 Å². The van der Waals surface area contributed by atoms with Crippen molar-refractivity contribution in [1.82, 2.24) is 14.7 Å². The van der Waals surface area contributed by atoms with Gasteiger partial charge in [-0.1, -0.05) is 90.7 Å². The van der Waals surface area contributed by atoms with Gasteiger partial charge in [-0.25, -0.2) is 0 Å². The lowest BCUT2D eigenvalue weighted by atomic mass is 9.65. The number of fused-ring (bicyclic) bond motifs is 4. The number of hydrogen-bond acceptors (Lipinski definition) is 13. The first kappa shape index (κ1) is 44.2. The number of esters is 3. The van der Waals surface area contributed by atoms with E-state index in [1.807, 2.05) is 83.8 Å². The minimum Gasteiger partial charge on any atom is -0.508 e. The lowest BCUT2D eigenvalue weighted by Gasteiger charge is -2.46. The summed E-state index contributed by atoms with van der Waals surface area (Å²) >= 11 is 0. The summed E-state index contributed by atoms with van der Waals surface area (Å²) < 4.78 is 27.4. The fourth-order valence-electron chi connectivity index (χ4n) is 10.7. The molecule has 6 atom stereocenters. The molecule has 5 aliphatic heterocycles. The van der Waals surface area contributed by atoms with Crippen molar-refractivity contribution in [3.8, 4) is 29.1 Å². The van der Waals surface area contributed by atoms with Crippen LogP contribution in [0.25, 0.3) is 0 Å². The van der Waals surface area contributed by atoms with Gasteiger partial charge in [0.1, 0.15) is 23.3 Å². The Morgan fingerprint density at radius 3 is 2.15 bits per heavy atom. The molecule has 0 radical (unpaired) electrons. The van der Waals surface area contributed by atoms with Gasteiger partial charge in [-0.3, -0.25) is 33.8 Å². The van der Waals surface area contributed by atoms with Crippen LogP contribution in [0.4, 0.5) is 5.69 Å². The largest absolute Gasteiger partial charge is 0.508 e. The number of cyclic esters (lactones) is 1. The van der Waals surface area contributed by atoms with Crippen molar-refractivity contribution >= 4 is 35.4 Å². The van der Waals surface area contributed by atoms with Crippen LogP contribution < -0.4 is 14.8 Å². The maximum atomic E-state index is 16.0. The van der Waals surface area contributed by atoms with E-state index in [-0.39, 0.29) is 24.9 Å². The number of ether oxygens (including phenoxy) is 5. The molecule has 0 aliphatic carbocycles. The lowest BCUT2D eigenvalue weighted by Crippen LogP contribution is -2.58. The summed E-state index contributed by atoms with van der Waals surface area (Å²) in [5.74, 6) is 1.65. The number of carbonyl (C=O) groups is 5. The Balaban J connectivity index is 1.12. The topological polar surface area (TPSA) is 173 Å². The van der Waals surface area contributed by atoms with Gasteiger partial charge in [0.05, 0.1) is 32.2 Å². The number of morpholine rings is 1. The number of phenols is 1. The van der Waals surface area contributed by atoms with Gasteiger partial charge in [-0.2, -0.15) is 0 Å². The van der Waals surface area contributed by atoms with E-state index in [4.69, 9.17) is 23.7 Å². The lowest BCUT2D eigenvalue weighted by molar-refractivity contribution is -0.179. The van der Waals surface area contributed by atoms with E-state index in [0.717, 1.165) is 16.7 Å². The molecule has 0 saturated carbocycles. The number of hydrogen-bond donors (Lipinski definition) is 2. The highest BCUT2D eigenvalue weighted by atomic mass is 16.7. The second-order valence-electron chi connectivity index (χ2n) is 17.5. The highest BCUT2D eigenvalue weighted by Gasteiger charge is 2.74. The minimum atomic E-state index is -1.78. The molecule has 5 aromatic rings. The van der Waals surface area contributed by atoms with E-state index < -0.39 is 65.3 Å². The number of phenolic OH excluding ortho intramolecular Hbond substituents is 1. The first-order chi connectivity index (χ1) is 33.1. The van der Waals surface area contributed by atoms with Gasteiger partial charge < -0.3 is 39.0 Å². The first-order valence-corrected chi connectivity index (χ1v) is 22.5. The average molecular weight is 917 g/mol. The number of anilines is 1. The molecule has 0 aromatic heterocycles. The van der Waals surface area contributed by atoms with Gasteiger partial charge in [-0.05, 0) is 70.3 Å². The third-order valence-corrected chi connectivity index (χ3v) is 13.8. The molecular weight excluding hydrogens is 869 g/mol. The van der Waals surface area contributed by atoms with Crippen LogP contribution in [0, 0.1) is 23.7 Å². The molecular formula is C53H48N4O11. The molecule has 5 heterocycles. The molecule has 1 spiro atoms. The molecule has 0 bridgehead atoms. The van der Waals surface area contributed by atoms with Gasteiger partial charge in [0.25, 0.3) is 0 Å². The Kier molecular flexibility index (Phi) is 11.8. The third kappa shape index (κ3) is 7.65. The molecule has 2 N–H and O–H groups in total. The summed E-state index contributed by atoms with van der Waals surface area (Å²) in [5, 5.41) is 13.8. The number of nitrogens with zero attached hydrogens (tertiary/aromatic N) is 3. The summed E-state index contributed by atoms with van der Waals surface area (Å²) in [4.78, 5) is 77.9. The zero-order chi connectivity index (χ0) is 47.1. The molecule has 0 unspecified atom stereocenters. The molecule has 15 nitrogen and oxygen atoms in total. The standard InChI is InChI=1S/C53H48N4O11/c1-64-49(60)38(50(61)65-2)15-9-10-32-16-22-40-39(28-32)53(52(63)54-40)43(48(59)56-26-24-55(25-27-56)30-33-17-23-41-42(29-33)67-31-66-41)45-51(62)68-46(35-13-7-4-8-14-35)44(34-11-5-3-6-12-34)57(45)47(53)36-18-20-37(58)21-19-36/h3-8,11-14,16-23,28-29,38,43-47,58H,15,24-27,30-31H2,1-2H3,(H,54,63)/t43-,44-,45-,46+,47+,53-/m1/s1. The van der Waals surface area contributed by atoms with Gasteiger partial charge in [0.2, 0.25) is 18.6 Å². The molecule has 10 rings (SSSR count). The Bertz CT molecular complexity index is 2820. The van der Waals surface area contributed by atoms with Crippen LogP contribution in [-0.2, 0) is 50.1 Å². The van der Waals surface area contributed by atoms with Crippen LogP contribution in [-0.4, -0.2) is 103 Å². The van der Waals surface area contributed by atoms with Crippen LogP contribution in [0.2, 0.25) is 0 Å². The quantitative estimate of drug-likeness (QED) is 0.0830. The third-order valence-electron chi connectivity index (χ3n) is 13.8. The van der Waals surface area contributed by atoms with Crippen molar-refractivity contribution in [2.45, 2.75) is 42.6 Å². The second kappa shape index (κ2) is 18.2. The maximum Gasteiger partial charge on any atom is 0.324 e. The van der Waals surface area contributed by atoms with Crippen LogP contribution in [0.3, 0.4) is 0 Å². The Morgan fingerprint density at radius 1 is 0.779 bits per heavy atom. The zero-order valence-electron chi connectivity index (χ0n) is 37.3. The molecule has 2 amide bonds. The summed E-state index contributed by atoms with van der Waals surface area (Å²) in [6.07, 6.45) is -1.07. The summed E-state index contributed by atoms with van der Waals surface area (Å²) in [6, 6.07) is 33.6. The molecule has 5 aromatic carbocycles. The molecule has 68 heavy (non-hydrogen) atoms. The number of methoxy groups -OCH3 is 2. The Morgan fingerprint density at radius 2 is 1.46 bits per heavy atom. The fraction of sp³-hybridized carbons (Fsp3) is 0.302. The number of piperazine rings is 1. The SMILES string of the molecule is COC(=O)C(CC#Cc1ccc2c(c1)[C@]1(C(=O)N2)[C@H](c2ccc(O)cc2)N2[C@H](c3ccccc3)[C@H](c3ccccc3)OC(=O)[C@H]2[C@@H]1C(=O)N1CCN(Cc2ccc3c(c2)OCO3)CC1)C(=O)OC. The number of carbonyl (C=O) groups excluding carboxylic acids is 5. The highest BCUT2D eigenvalue weighted by molar-refractivity contribution is 6.12. The number of benzene rings is 5. The van der Waals surface area contributed by atoms with Crippen LogP contribution in [0.15, 0.2) is 121 Å². The summed E-state index contributed by atoms with van der Waals surface area (Å²) in [5.41, 5.74) is 2.65. The minimum absolute atomic E-state index is 0.00512. The molecule has 3 fully saturated rings. The number of rotatable bonds is 9. The summed E-state index contributed by atoms with van der Waals surface area (Å²) in [6.45, 7) is 2.45. The van der Waals surface area contributed by atoms with Crippen LogP contribution in [0.1, 0.15) is 58.0 Å². The molecule has 15 heteroatoms. The van der Waals surface area contributed by atoms with Gasteiger partial charge >= 0.3 is 17.9 Å². The number of nitrogens with one attached hydrogen (secondary N) is 1. The van der Waals surface area contributed by atoms with E-state index >= 15 is 14.4 Å². The van der Waals surface area contributed by atoms with Crippen molar-refractivity contribution in [2.24, 2.45) is 11.8 Å². The average Bonchev–Trinajstić information content (AvgIpc) is 4.05. The van der Waals surface area contributed by atoms with E-state index in [0.29, 0.717) is 66.6 Å².